The molecule has 2 heterocycles. The smallest absolute Gasteiger partial charge is 0.410 e. The molecule has 2 saturated heterocycles. The predicted molar refractivity (Wildman–Crippen MR) is 145 cm³/mol. The molecule has 6 nitrogen and oxygen atoms in total. The number of hydrogen-bond acceptors (Lipinski definition) is 4. The molecule has 0 N–H and O–H groups in total. The summed E-state index contributed by atoms with van der Waals surface area (Å²) in [5.74, 6) is 2.91. The number of rotatable bonds is 0. The summed E-state index contributed by atoms with van der Waals surface area (Å²) in [4.78, 5) is 28.6. The molecule has 4 aliphatic rings. The Labute approximate surface area is 220 Å². The fourth-order valence-electron chi connectivity index (χ4n) is 7.06. The van der Waals surface area contributed by atoms with Crippen molar-refractivity contribution in [3.63, 3.8) is 0 Å². The highest BCUT2D eigenvalue weighted by atomic mass is 16.6. The molecule has 0 unspecified atom stereocenters. The van der Waals surface area contributed by atoms with Gasteiger partial charge in [-0.2, -0.15) is 0 Å². The van der Waals surface area contributed by atoms with Crippen molar-refractivity contribution in [2.24, 2.45) is 23.7 Å². The molecule has 0 radical (unpaired) electrons. The maximum absolute atomic E-state index is 12.3. The van der Waals surface area contributed by atoms with Crippen LogP contribution in [-0.2, 0) is 9.47 Å². The predicted octanol–water partition coefficient (Wildman–Crippen LogP) is 7.64. The van der Waals surface area contributed by atoms with E-state index in [2.05, 4.69) is 13.8 Å². The minimum absolute atomic E-state index is 0.105. The van der Waals surface area contributed by atoms with Crippen LogP contribution in [0.15, 0.2) is 0 Å². The van der Waals surface area contributed by atoms with Crippen LogP contribution in [0.25, 0.3) is 0 Å². The fourth-order valence-corrected chi connectivity index (χ4v) is 7.06. The van der Waals surface area contributed by atoms with E-state index in [0.29, 0.717) is 23.9 Å². The summed E-state index contributed by atoms with van der Waals surface area (Å²) in [5, 5.41) is 0. The normalized spacial score (nSPS) is 32.9. The molecule has 6 heteroatoms. The van der Waals surface area contributed by atoms with Gasteiger partial charge in [-0.3, -0.25) is 0 Å². The Bertz CT molecular complexity index is 678. The molecule has 4 rings (SSSR count). The van der Waals surface area contributed by atoms with Gasteiger partial charge < -0.3 is 19.3 Å². The molecule has 208 valence electrons. The standard InChI is InChI=1S/2C15H27NO2/c2*1-11-7-5-9-13-12(11)8-6-10-16(13)14(17)18-15(2,3)4/h2*11-13H,5-10H2,1-4H3/t2*11-,12-,13+/m10/s1. The van der Waals surface area contributed by atoms with Crippen molar-refractivity contribution < 1.29 is 19.1 Å². The van der Waals surface area contributed by atoms with Gasteiger partial charge in [-0.05, 0) is 104 Å². The molecule has 6 atom stereocenters. The largest absolute Gasteiger partial charge is 0.444 e. The molecule has 0 aromatic rings. The zero-order valence-electron chi connectivity index (χ0n) is 24.5. The van der Waals surface area contributed by atoms with Gasteiger partial charge in [0.25, 0.3) is 0 Å². The SMILES string of the molecule is C[C@@H]1CCC[C@H]2[C@@H]1CCCN2C(=O)OC(C)(C)C.C[C@H]1CCC[C@@H]2[C@H]1CCCN2C(=O)OC(C)(C)C. The minimum atomic E-state index is -0.385. The summed E-state index contributed by atoms with van der Waals surface area (Å²) in [7, 11) is 0. The molecule has 2 aliphatic heterocycles. The maximum atomic E-state index is 12.3. The lowest BCUT2D eigenvalue weighted by atomic mass is 9.72. The van der Waals surface area contributed by atoms with Crippen LogP contribution in [0, 0.1) is 23.7 Å². The second-order valence-electron chi connectivity index (χ2n) is 13.9. The van der Waals surface area contributed by atoms with Gasteiger partial charge in [0.05, 0.1) is 0 Å². The Morgan fingerprint density at radius 1 is 0.583 bits per heavy atom. The van der Waals surface area contributed by atoms with Crippen LogP contribution in [0.1, 0.15) is 120 Å². The van der Waals surface area contributed by atoms with Crippen LogP contribution in [0.4, 0.5) is 9.59 Å². The third kappa shape index (κ3) is 7.77. The first-order valence-corrected chi connectivity index (χ1v) is 14.8. The zero-order valence-corrected chi connectivity index (χ0v) is 24.5. The van der Waals surface area contributed by atoms with Crippen molar-refractivity contribution >= 4 is 12.2 Å². The highest BCUT2D eigenvalue weighted by Crippen LogP contribution is 2.40. The second kappa shape index (κ2) is 11.9. The molecule has 0 aromatic heterocycles. The fraction of sp³-hybridized carbons (Fsp3) is 0.933. The van der Waals surface area contributed by atoms with Crippen LogP contribution >= 0.6 is 0 Å². The van der Waals surface area contributed by atoms with Crippen LogP contribution in [0.3, 0.4) is 0 Å². The highest BCUT2D eigenvalue weighted by Gasteiger charge is 2.41. The summed E-state index contributed by atoms with van der Waals surface area (Å²) in [6, 6.07) is 0.856. The lowest BCUT2D eigenvalue weighted by Crippen LogP contribution is -2.52. The van der Waals surface area contributed by atoms with Crippen LogP contribution in [-0.4, -0.2) is 58.4 Å². The van der Waals surface area contributed by atoms with Gasteiger partial charge in [-0.25, -0.2) is 9.59 Å². The molecule has 36 heavy (non-hydrogen) atoms. The van der Waals surface area contributed by atoms with E-state index in [4.69, 9.17) is 9.47 Å². The number of hydrogen-bond donors (Lipinski definition) is 0. The molecular formula is C30H54N2O4. The van der Waals surface area contributed by atoms with E-state index >= 15 is 0 Å². The molecule has 4 fully saturated rings. The Morgan fingerprint density at radius 3 is 1.28 bits per heavy atom. The third-order valence-electron chi connectivity index (χ3n) is 8.70. The Kier molecular flexibility index (Phi) is 9.65. The van der Waals surface area contributed by atoms with E-state index in [1.165, 1.54) is 38.5 Å². The van der Waals surface area contributed by atoms with Gasteiger partial charge in [0, 0.05) is 25.2 Å². The number of ether oxygens (including phenoxy) is 2. The van der Waals surface area contributed by atoms with Crippen molar-refractivity contribution in [3.05, 3.63) is 0 Å². The summed E-state index contributed by atoms with van der Waals surface area (Å²) < 4.78 is 11.1. The van der Waals surface area contributed by atoms with Crippen molar-refractivity contribution in [1.29, 1.82) is 0 Å². The van der Waals surface area contributed by atoms with E-state index in [-0.39, 0.29) is 23.4 Å². The molecule has 0 bridgehead atoms. The summed E-state index contributed by atoms with van der Waals surface area (Å²) in [6.07, 6.45) is 12.1. The quantitative estimate of drug-likeness (QED) is 0.339. The monoisotopic (exact) mass is 506 g/mol. The number of fused-ring (bicyclic) bond motifs is 2. The van der Waals surface area contributed by atoms with Crippen molar-refractivity contribution in [2.45, 2.75) is 143 Å². The van der Waals surface area contributed by atoms with Gasteiger partial charge in [0.15, 0.2) is 0 Å². The third-order valence-corrected chi connectivity index (χ3v) is 8.70. The number of piperidine rings is 2. The van der Waals surface area contributed by atoms with Crippen molar-refractivity contribution in [1.82, 2.24) is 9.80 Å². The first-order chi connectivity index (χ1) is 16.8. The van der Waals surface area contributed by atoms with Crippen molar-refractivity contribution in [2.75, 3.05) is 13.1 Å². The molecule has 2 amide bonds. The topological polar surface area (TPSA) is 59.1 Å². The Hall–Kier alpha value is -1.46. The van der Waals surface area contributed by atoms with Gasteiger partial charge in [0.1, 0.15) is 11.2 Å². The summed E-state index contributed by atoms with van der Waals surface area (Å²) in [6.45, 7) is 18.1. The molecule has 0 aromatic carbocycles. The summed E-state index contributed by atoms with van der Waals surface area (Å²) >= 11 is 0. The van der Waals surface area contributed by atoms with E-state index in [1.807, 2.05) is 51.3 Å². The van der Waals surface area contributed by atoms with Gasteiger partial charge in [-0.1, -0.05) is 39.5 Å². The van der Waals surface area contributed by atoms with Gasteiger partial charge >= 0.3 is 12.2 Å². The van der Waals surface area contributed by atoms with E-state index in [0.717, 1.165) is 50.6 Å². The second-order valence-corrected chi connectivity index (χ2v) is 13.9. The Balaban J connectivity index is 0.000000201. The highest BCUT2D eigenvalue weighted by molar-refractivity contribution is 5.69. The van der Waals surface area contributed by atoms with Crippen molar-refractivity contribution in [3.8, 4) is 0 Å². The van der Waals surface area contributed by atoms with Crippen LogP contribution in [0.5, 0.6) is 0 Å². The number of carbonyl (C=O) groups excluding carboxylic acids is 2. The average Bonchev–Trinajstić information content (AvgIpc) is 2.77. The first-order valence-electron chi connectivity index (χ1n) is 14.8. The molecule has 2 saturated carbocycles. The Morgan fingerprint density at radius 2 is 0.944 bits per heavy atom. The van der Waals surface area contributed by atoms with E-state index in [9.17, 15) is 9.59 Å². The maximum Gasteiger partial charge on any atom is 0.410 e. The first kappa shape index (κ1) is 29.1. The lowest BCUT2D eigenvalue weighted by Gasteiger charge is -2.46. The number of carbonyl (C=O) groups is 2. The van der Waals surface area contributed by atoms with E-state index in [1.54, 1.807) is 0 Å². The number of nitrogens with zero attached hydrogens (tertiary/aromatic N) is 2. The van der Waals surface area contributed by atoms with Crippen LogP contribution in [0.2, 0.25) is 0 Å². The van der Waals surface area contributed by atoms with Crippen LogP contribution < -0.4 is 0 Å². The van der Waals surface area contributed by atoms with Gasteiger partial charge in [-0.15, -0.1) is 0 Å². The van der Waals surface area contributed by atoms with E-state index < -0.39 is 0 Å². The molecule has 0 spiro atoms. The minimum Gasteiger partial charge on any atom is -0.444 e. The lowest BCUT2D eigenvalue weighted by molar-refractivity contribution is -0.0169. The number of amides is 2. The average molecular weight is 507 g/mol. The molecule has 2 aliphatic carbocycles. The zero-order chi connectivity index (χ0) is 26.7. The number of likely N-dealkylation sites (tertiary alicyclic amines) is 2. The summed E-state index contributed by atoms with van der Waals surface area (Å²) in [5.41, 5.74) is -0.769. The van der Waals surface area contributed by atoms with Gasteiger partial charge in [0.2, 0.25) is 0 Å². The molecular weight excluding hydrogens is 452 g/mol.